The lowest BCUT2D eigenvalue weighted by molar-refractivity contribution is -0.116. The van der Waals surface area contributed by atoms with Gasteiger partial charge in [-0.3, -0.25) is 14.2 Å². The Labute approximate surface area is 186 Å². The molecule has 0 aliphatic carbocycles. The zero-order chi connectivity index (χ0) is 21.3. The average molecular weight is 482 g/mol. The van der Waals surface area contributed by atoms with Gasteiger partial charge in [0.05, 0.1) is 11.8 Å². The van der Waals surface area contributed by atoms with Crippen LogP contribution in [0.5, 0.6) is 0 Å². The summed E-state index contributed by atoms with van der Waals surface area (Å²) in [7, 11) is 0. The summed E-state index contributed by atoms with van der Waals surface area (Å²) in [6.45, 7) is 4.07. The van der Waals surface area contributed by atoms with Gasteiger partial charge in [0.25, 0.3) is 5.56 Å². The molecule has 0 spiro atoms. The number of thiophene rings is 1. The number of aromatic nitrogens is 2. The second-order valence-corrected chi connectivity index (χ2v) is 9.27. The molecule has 4 rings (SSSR count). The molecule has 2 aromatic carbocycles. The van der Waals surface area contributed by atoms with Crippen LogP contribution < -0.4 is 10.9 Å². The number of para-hydroxylation sites is 1. The molecule has 0 saturated carbocycles. The van der Waals surface area contributed by atoms with Crippen molar-refractivity contribution in [3.8, 4) is 10.4 Å². The van der Waals surface area contributed by atoms with Crippen LogP contribution in [-0.2, 0) is 11.3 Å². The lowest BCUT2D eigenvalue weighted by atomic mass is 10.0. The minimum atomic E-state index is -0.254. The van der Waals surface area contributed by atoms with Gasteiger partial charge in [-0.2, -0.15) is 0 Å². The first-order valence-corrected chi connectivity index (χ1v) is 11.2. The summed E-state index contributed by atoms with van der Waals surface area (Å²) in [5.41, 5.74) is 3.29. The molecule has 30 heavy (non-hydrogen) atoms. The van der Waals surface area contributed by atoms with E-state index in [-0.39, 0.29) is 23.9 Å². The number of nitrogens with zero attached hydrogens (tertiary/aromatic N) is 2. The van der Waals surface area contributed by atoms with E-state index in [2.05, 4.69) is 40.1 Å². The van der Waals surface area contributed by atoms with E-state index in [0.29, 0.717) is 10.2 Å². The van der Waals surface area contributed by atoms with Gasteiger partial charge >= 0.3 is 0 Å². The fourth-order valence-electron chi connectivity index (χ4n) is 3.27. The summed E-state index contributed by atoms with van der Waals surface area (Å²) in [4.78, 5) is 30.9. The second kappa shape index (κ2) is 8.53. The van der Waals surface area contributed by atoms with Crippen LogP contribution in [0.15, 0.2) is 70.2 Å². The molecule has 0 atom stereocenters. The van der Waals surface area contributed by atoms with Crippen LogP contribution in [-0.4, -0.2) is 15.5 Å². The molecule has 152 valence electrons. The molecule has 0 unspecified atom stereocenters. The van der Waals surface area contributed by atoms with E-state index in [4.69, 9.17) is 0 Å². The lowest BCUT2D eigenvalue weighted by Gasteiger charge is -2.14. The summed E-state index contributed by atoms with van der Waals surface area (Å²) in [5, 5.41) is 2.92. The smallest absolute Gasteiger partial charge is 0.271 e. The molecular formula is C23H20BrN3O2S. The second-order valence-electron chi connectivity index (χ2n) is 7.30. The molecule has 4 aromatic rings. The number of carbonyl (C=O) groups excluding carboxylic acids is 1. The van der Waals surface area contributed by atoms with Crippen molar-refractivity contribution < 1.29 is 4.79 Å². The van der Waals surface area contributed by atoms with E-state index in [0.717, 1.165) is 26.2 Å². The highest BCUT2D eigenvalue weighted by molar-refractivity contribution is 9.10. The summed E-state index contributed by atoms with van der Waals surface area (Å²) < 4.78 is 2.90. The third-order valence-electron chi connectivity index (χ3n) is 4.80. The normalized spacial score (nSPS) is 11.2. The third kappa shape index (κ3) is 4.22. The number of fused-ring (bicyclic) bond motifs is 1. The summed E-state index contributed by atoms with van der Waals surface area (Å²) >= 11 is 4.82. The standard InChI is InChI=1S/C23H20BrN3O2S/c1-14(2)17-5-3-4-6-18(17)26-21(28)12-27-13-25-19-11-20(30-22(19)23(27)29)15-7-9-16(24)10-8-15/h3-11,13-14H,12H2,1-2H3,(H,26,28). The van der Waals surface area contributed by atoms with E-state index in [9.17, 15) is 9.59 Å². The molecule has 0 bridgehead atoms. The van der Waals surface area contributed by atoms with E-state index in [1.165, 1.54) is 22.2 Å². The van der Waals surface area contributed by atoms with Crippen molar-refractivity contribution in [2.75, 3.05) is 5.32 Å². The van der Waals surface area contributed by atoms with E-state index in [1.54, 1.807) is 0 Å². The molecule has 0 radical (unpaired) electrons. The van der Waals surface area contributed by atoms with Crippen molar-refractivity contribution in [3.05, 3.63) is 81.3 Å². The number of anilines is 1. The Morgan fingerprint density at radius 1 is 1.17 bits per heavy atom. The van der Waals surface area contributed by atoms with Gasteiger partial charge in [0.1, 0.15) is 11.2 Å². The molecule has 2 heterocycles. The SMILES string of the molecule is CC(C)c1ccccc1NC(=O)Cn1cnc2cc(-c3ccc(Br)cc3)sc2c1=O. The summed E-state index contributed by atoms with van der Waals surface area (Å²) in [6, 6.07) is 17.5. The van der Waals surface area contributed by atoms with Crippen LogP contribution in [0.4, 0.5) is 5.69 Å². The number of amides is 1. The topological polar surface area (TPSA) is 64.0 Å². The van der Waals surface area contributed by atoms with Crippen LogP contribution in [0, 0.1) is 0 Å². The number of hydrogen-bond acceptors (Lipinski definition) is 4. The minimum absolute atomic E-state index is 0.0836. The highest BCUT2D eigenvalue weighted by Gasteiger charge is 2.14. The molecule has 0 aliphatic rings. The zero-order valence-electron chi connectivity index (χ0n) is 16.6. The Balaban J connectivity index is 1.59. The van der Waals surface area contributed by atoms with Gasteiger partial charge in [0.2, 0.25) is 5.91 Å². The Kier molecular flexibility index (Phi) is 5.83. The number of rotatable bonds is 5. The fourth-order valence-corrected chi connectivity index (χ4v) is 4.60. The molecule has 5 nitrogen and oxygen atoms in total. The van der Waals surface area contributed by atoms with Crippen molar-refractivity contribution in [3.63, 3.8) is 0 Å². The maximum absolute atomic E-state index is 12.9. The van der Waals surface area contributed by atoms with Crippen molar-refractivity contribution in [1.82, 2.24) is 9.55 Å². The molecule has 7 heteroatoms. The van der Waals surface area contributed by atoms with Gasteiger partial charge in [-0.15, -0.1) is 11.3 Å². The highest BCUT2D eigenvalue weighted by Crippen LogP contribution is 2.31. The number of carbonyl (C=O) groups is 1. The molecule has 1 N–H and O–H groups in total. The Bertz CT molecular complexity index is 1280. The zero-order valence-corrected chi connectivity index (χ0v) is 19.0. The monoisotopic (exact) mass is 481 g/mol. The summed E-state index contributed by atoms with van der Waals surface area (Å²) in [5.74, 6) is 0.0291. The van der Waals surface area contributed by atoms with Crippen LogP contribution in [0.2, 0.25) is 0 Å². The highest BCUT2D eigenvalue weighted by atomic mass is 79.9. The molecular weight excluding hydrogens is 462 g/mol. The molecule has 0 fully saturated rings. The van der Waals surface area contributed by atoms with Crippen molar-refractivity contribution >= 4 is 49.1 Å². The Hall–Kier alpha value is -2.77. The van der Waals surface area contributed by atoms with Crippen LogP contribution in [0.1, 0.15) is 25.3 Å². The van der Waals surface area contributed by atoms with Crippen molar-refractivity contribution in [2.45, 2.75) is 26.3 Å². The van der Waals surface area contributed by atoms with Gasteiger partial charge in [-0.1, -0.05) is 60.1 Å². The quantitative estimate of drug-likeness (QED) is 0.400. The number of halogens is 1. The van der Waals surface area contributed by atoms with Gasteiger partial charge in [-0.05, 0) is 41.3 Å². The van der Waals surface area contributed by atoms with Crippen LogP contribution in [0.25, 0.3) is 20.7 Å². The largest absolute Gasteiger partial charge is 0.324 e. The van der Waals surface area contributed by atoms with Gasteiger partial charge in [0, 0.05) is 15.0 Å². The molecule has 0 saturated heterocycles. The first kappa shape index (κ1) is 20.5. The molecule has 0 aliphatic heterocycles. The maximum atomic E-state index is 12.9. The van der Waals surface area contributed by atoms with E-state index < -0.39 is 0 Å². The minimum Gasteiger partial charge on any atom is -0.324 e. The van der Waals surface area contributed by atoms with Crippen molar-refractivity contribution in [2.24, 2.45) is 0 Å². The van der Waals surface area contributed by atoms with E-state index in [1.807, 2.05) is 54.6 Å². The van der Waals surface area contributed by atoms with Gasteiger partial charge < -0.3 is 5.32 Å². The third-order valence-corrected chi connectivity index (χ3v) is 6.49. The van der Waals surface area contributed by atoms with Crippen LogP contribution >= 0.6 is 27.3 Å². The lowest BCUT2D eigenvalue weighted by Crippen LogP contribution is -2.27. The average Bonchev–Trinajstić information content (AvgIpc) is 3.16. The van der Waals surface area contributed by atoms with E-state index >= 15 is 0 Å². The van der Waals surface area contributed by atoms with Crippen LogP contribution in [0.3, 0.4) is 0 Å². The Morgan fingerprint density at radius 3 is 2.63 bits per heavy atom. The first-order valence-electron chi connectivity index (χ1n) is 9.56. The number of hydrogen-bond donors (Lipinski definition) is 1. The summed E-state index contributed by atoms with van der Waals surface area (Å²) in [6.07, 6.45) is 1.44. The predicted molar refractivity (Wildman–Crippen MR) is 126 cm³/mol. The van der Waals surface area contributed by atoms with Crippen molar-refractivity contribution in [1.29, 1.82) is 0 Å². The fraction of sp³-hybridized carbons (Fsp3) is 0.174. The van der Waals surface area contributed by atoms with Gasteiger partial charge in [-0.25, -0.2) is 4.98 Å². The first-order chi connectivity index (χ1) is 14.4. The predicted octanol–water partition coefficient (Wildman–Crippen LogP) is 5.65. The Morgan fingerprint density at radius 2 is 1.90 bits per heavy atom. The molecule has 2 aromatic heterocycles. The van der Waals surface area contributed by atoms with Gasteiger partial charge in [0.15, 0.2) is 0 Å². The number of benzene rings is 2. The number of nitrogens with one attached hydrogen (secondary N) is 1. The molecule has 1 amide bonds. The maximum Gasteiger partial charge on any atom is 0.271 e.